The third-order valence-electron chi connectivity index (χ3n) is 5.21. The molecule has 1 fully saturated rings. The number of rotatable bonds is 4. The van der Waals surface area contributed by atoms with E-state index in [9.17, 15) is 9.50 Å². The molecule has 1 aromatic carbocycles. The van der Waals surface area contributed by atoms with Gasteiger partial charge in [0.1, 0.15) is 29.5 Å². The van der Waals surface area contributed by atoms with Crippen molar-refractivity contribution in [2.75, 3.05) is 23.3 Å². The van der Waals surface area contributed by atoms with Crippen molar-refractivity contribution in [2.45, 2.75) is 12.5 Å². The first-order valence-corrected chi connectivity index (χ1v) is 10.1. The van der Waals surface area contributed by atoms with Crippen molar-refractivity contribution >= 4 is 40.0 Å². The minimum absolute atomic E-state index is 0.0507. The minimum Gasteiger partial charge on any atom is -0.391 e. The van der Waals surface area contributed by atoms with E-state index in [-0.39, 0.29) is 22.4 Å². The molecule has 2 N–H and O–H groups in total. The highest BCUT2D eigenvalue weighted by atomic mass is 35.5. The van der Waals surface area contributed by atoms with Crippen molar-refractivity contribution in [3.63, 3.8) is 0 Å². The zero-order valence-electron chi connectivity index (χ0n) is 16.6. The lowest BCUT2D eigenvalue weighted by Crippen LogP contribution is -2.22. The van der Waals surface area contributed by atoms with Gasteiger partial charge in [0.15, 0.2) is 5.82 Å². The fourth-order valence-electron chi connectivity index (χ4n) is 3.67. The van der Waals surface area contributed by atoms with Gasteiger partial charge in [-0.1, -0.05) is 11.6 Å². The van der Waals surface area contributed by atoms with E-state index in [0.717, 1.165) is 12.6 Å². The molecule has 0 amide bonds. The van der Waals surface area contributed by atoms with Gasteiger partial charge >= 0.3 is 0 Å². The van der Waals surface area contributed by atoms with Crippen molar-refractivity contribution in [3.05, 3.63) is 59.4 Å². The largest absolute Gasteiger partial charge is 0.391 e. The zero-order chi connectivity index (χ0) is 22.2. The summed E-state index contributed by atoms with van der Waals surface area (Å²) >= 11 is 6.24. The van der Waals surface area contributed by atoms with Crippen molar-refractivity contribution in [2.24, 2.45) is 0 Å². The molecule has 1 aliphatic heterocycles. The Morgan fingerprint density at radius 3 is 2.75 bits per heavy atom. The Morgan fingerprint density at radius 1 is 1.16 bits per heavy atom. The maximum Gasteiger partial charge on any atom is 0.151 e. The van der Waals surface area contributed by atoms with Gasteiger partial charge in [0.05, 0.1) is 34.5 Å². The fourth-order valence-corrected chi connectivity index (χ4v) is 3.96. The molecule has 1 atom stereocenters. The molecule has 3 aromatic heterocycles. The summed E-state index contributed by atoms with van der Waals surface area (Å²) in [5, 5.41) is 26.9. The Labute approximate surface area is 186 Å². The van der Waals surface area contributed by atoms with Crippen molar-refractivity contribution in [1.29, 1.82) is 5.26 Å². The van der Waals surface area contributed by atoms with Gasteiger partial charge in [0, 0.05) is 36.8 Å². The lowest BCUT2D eigenvalue weighted by Gasteiger charge is -2.17. The molecule has 0 spiro atoms. The summed E-state index contributed by atoms with van der Waals surface area (Å²) in [5.41, 5.74) is 0.751. The Kier molecular flexibility index (Phi) is 5.05. The second-order valence-corrected chi connectivity index (χ2v) is 7.77. The molecule has 5 rings (SSSR count). The average Bonchev–Trinajstić information content (AvgIpc) is 3.40. The molecular weight excluding hydrogens is 435 g/mol. The molecule has 0 unspecified atom stereocenters. The van der Waals surface area contributed by atoms with Gasteiger partial charge in [-0.3, -0.25) is 0 Å². The van der Waals surface area contributed by atoms with Gasteiger partial charge in [0.25, 0.3) is 0 Å². The summed E-state index contributed by atoms with van der Waals surface area (Å²) in [4.78, 5) is 14.9. The normalized spacial score (nSPS) is 15.8. The maximum absolute atomic E-state index is 14.7. The number of nitriles is 1. The molecule has 32 heavy (non-hydrogen) atoms. The number of fused-ring (bicyclic) bond motifs is 1. The van der Waals surface area contributed by atoms with E-state index in [0.29, 0.717) is 41.3 Å². The highest BCUT2D eigenvalue weighted by Gasteiger charge is 2.22. The number of aliphatic hydroxyl groups excluding tert-OH is 1. The third kappa shape index (κ3) is 3.68. The number of aliphatic hydroxyl groups is 1. The van der Waals surface area contributed by atoms with E-state index in [1.165, 1.54) is 17.1 Å². The Hall–Kier alpha value is -3.81. The molecule has 0 radical (unpaired) electrons. The number of β-amino-alcohol motifs (C(OH)–C–C–N with tert-alkyl or cyclic N) is 1. The SMILES string of the molecule is N#Cc1cc(F)c(-n2ncc3cnc(Nc4cc(N5CC[C@@H](O)C5)ncn4)cc32)c(Cl)c1. The highest BCUT2D eigenvalue weighted by molar-refractivity contribution is 6.32. The number of halogens is 2. The number of nitrogens with one attached hydrogen (secondary N) is 1. The Bertz CT molecular complexity index is 1340. The first-order chi connectivity index (χ1) is 15.5. The molecule has 160 valence electrons. The smallest absolute Gasteiger partial charge is 0.151 e. The van der Waals surface area contributed by atoms with E-state index < -0.39 is 5.82 Å². The van der Waals surface area contributed by atoms with E-state index in [1.54, 1.807) is 24.5 Å². The predicted molar refractivity (Wildman–Crippen MR) is 117 cm³/mol. The molecule has 0 saturated carbocycles. The van der Waals surface area contributed by atoms with Crippen LogP contribution in [0.3, 0.4) is 0 Å². The number of hydrogen-bond acceptors (Lipinski definition) is 8. The van der Waals surface area contributed by atoms with Gasteiger partial charge in [-0.25, -0.2) is 24.0 Å². The third-order valence-corrected chi connectivity index (χ3v) is 5.49. The van der Waals surface area contributed by atoms with Crippen LogP contribution in [-0.2, 0) is 0 Å². The van der Waals surface area contributed by atoms with Gasteiger partial charge < -0.3 is 15.3 Å². The number of aromatic nitrogens is 5. The molecule has 4 heterocycles. The lowest BCUT2D eigenvalue weighted by molar-refractivity contribution is 0.198. The van der Waals surface area contributed by atoms with Gasteiger partial charge in [-0.15, -0.1) is 0 Å². The van der Waals surface area contributed by atoms with Crippen LogP contribution in [0.15, 0.2) is 43.0 Å². The lowest BCUT2D eigenvalue weighted by atomic mass is 10.2. The standard InChI is InChI=1S/C21H16ClFN8O/c22-15-3-12(7-24)4-16(23)21(15)31-17-5-18(25-8-13(17)9-28-31)29-19-6-20(27-11-26-19)30-2-1-14(32)10-30/h3-6,8-9,11,14,32H,1-2,10H2,(H,25,26,27,29)/t14-/m1/s1. The quantitative estimate of drug-likeness (QED) is 0.487. The van der Waals surface area contributed by atoms with Crippen LogP contribution in [0.4, 0.5) is 21.8 Å². The van der Waals surface area contributed by atoms with E-state index in [2.05, 4.69) is 25.4 Å². The number of anilines is 3. The number of hydrogen-bond donors (Lipinski definition) is 2. The number of pyridine rings is 1. The van der Waals surface area contributed by atoms with Crippen molar-refractivity contribution in [1.82, 2.24) is 24.7 Å². The number of nitrogens with zero attached hydrogens (tertiary/aromatic N) is 7. The average molecular weight is 451 g/mol. The molecule has 11 heteroatoms. The predicted octanol–water partition coefficient (Wildman–Crippen LogP) is 3.19. The summed E-state index contributed by atoms with van der Waals surface area (Å²) in [7, 11) is 0. The van der Waals surface area contributed by atoms with Crippen LogP contribution in [0, 0.1) is 17.1 Å². The topological polar surface area (TPSA) is 116 Å². The second kappa shape index (κ2) is 8.03. The van der Waals surface area contributed by atoms with Crippen LogP contribution >= 0.6 is 11.6 Å². The molecule has 0 bridgehead atoms. The second-order valence-electron chi connectivity index (χ2n) is 7.36. The minimum atomic E-state index is -0.654. The van der Waals surface area contributed by atoms with E-state index in [4.69, 9.17) is 16.9 Å². The molecule has 4 aromatic rings. The first kappa shape index (κ1) is 20.1. The molecule has 9 nitrogen and oxygen atoms in total. The fraction of sp³-hybridized carbons (Fsp3) is 0.190. The van der Waals surface area contributed by atoms with E-state index in [1.807, 2.05) is 11.0 Å². The van der Waals surface area contributed by atoms with Crippen LogP contribution < -0.4 is 10.2 Å². The summed E-state index contributed by atoms with van der Waals surface area (Å²) in [5.74, 6) is 1.04. The molecule has 0 aliphatic carbocycles. The van der Waals surface area contributed by atoms with Crippen LogP contribution in [0.5, 0.6) is 0 Å². The molecular formula is C21H16ClFN8O. The number of benzene rings is 1. The summed E-state index contributed by atoms with van der Waals surface area (Å²) in [6.45, 7) is 1.24. The maximum atomic E-state index is 14.7. The Balaban J connectivity index is 1.48. The molecule has 1 aliphatic rings. The monoisotopic (exact) mass is 450 g/mol. The zero-order valence-corrected chi connectivity index (χ0v) is 17.3. The van der Waals surface area contributed by atoms with Crippen molar-refractivity contribution < 1.29 is 9.50 Å². The van der Waals surface area contributed by atoms with Crippen LogP contribution in [-0.4, -0.2) is 49.0 Å². The van der Waals surface area contributed by atoms with Gasteiger partial charge in [-0.05, 0) is 18.6 Å². The van der Waals surface area contributed by atoms with Crippen LogP contribution in [0.25, 0.3) is 16.6 Å². The van der Waals surface area contributed by atoms with Gasteiger partial charge in [0.2, 0.25) is 0 Å². The van der Waals surface area contributed by atoms with Crippen LogP contribution in [0.1, 0.15) is 12.0 Å². The van der Waals surface area contributed by atoms with Gasteiger partial charge in [-0.2, -0.15) is 10.4 Å². The summed E-state index contributed by atoms with van der Waals surface area (Å²) in [6, 6.07) is 7.87. The van der Waals surface area contributed by atoms with Crippen molar-refractivity contribution in [3.8, 4) is 11.8 Å². The first-order valence-electron chi connectivity index (χ1n) is 9.77. The summed E-state index contributed by atoms with van der Waals surface area (Å²) < 4.78 is 16.1. The van der Waals surface area contributed by atoms with E-state index >= 15 is 0 Å². The van der Waals surface area contributed by atoms with Crippen LogP contribution in [0.2, 0.25) is 5.02 Å². The highest BCUT2D eigenvalue weighted by Crippen LogP contribution is 2.29. The summed E-state index contributed by atoms with van der Waals surface area (Å²) in [6.07, 6.45) is 4.94. The Morgan fingerprint density at radius 2 is 2.00 bits per heavy atom. The molecule has 1 saturated heterocycles.